The number of rotatable bonds is 6. The molecule has 3 N–H and O–H groups in total. The number of hydrogen-bond donors (Lipinski definition) is 2. The van der Waals surface area contributed by atoms with E-state index in [1.807, 2.05) is 0 Å². The van der Waals surface area contributed by atoms with Gasteiger partial charge in [0.25, 0.3) is 0 Å². The summed E-state index contributed by atoms with van der Waals surface area (Å²) in [6.45, 7) is 4.97. The van der Waals surface area contributed by atoms with E-state index < -0.39 is 17.9 Å². The number of urea groups is 1. The Labute approximate surface area is 99.6 Å². The maximum Gasteiger partial charge on any atom is 0.333 e. The summed E-state index contributed by atoms with van der Waals surface area (Å²) in [4.78, 5) is 33.9. The van der Waals surface area contributed by atoms with Gasteiger partial charge in [0.2, 0.25) is 5.91 Å². The minimum absolute atomic E-state index is 0.0435. The molecule has 0 aliphatic carbocycles. The summed E-state index contributed by atoms with van der Waals surface area (Å²) in [5.41, 5.74) is 5.21. The summed E-state index contributed by atoms with van der Waals surface area (Å²) in [5.74, 6) is -1.11. The average Bonchev–Trinajstić information content (AvgIpc) is 2.22. The van der Waals surface area contributed by atoms with Crippen molar-refractivity contribution < 1.29 is 19.1 Å². The van der Waals surface area contributed by atoms with Gasteiger partial charge < -0.3 is 20.7 Å². The minimum Gasteiger partial charge on any atom is -0.460 e. The SMILES string of the molecule is C=C(C)C(=O)OCCNC(=O)N(C)CC(N)=O. The van der Waals surface area contributed by atoms with Crippen LogP contribution in [0.25, 0.3) is 0 Å². The molecule has 0 saturated heterocycles. The van der Waals surface area contributed by atoms with Gasteiger partial charge >= 0.3 is 12.0 Å². The van der Waals surface area contributed by atoms with Gasteiger partial charge in [0.05, 0.1) is 6.54 Å². The van der Waals surface area contributed by atoms with Gasteiger partial charge in [0.15, 0.2) is 0 Å². The van der Waals surface area contributed by atoms with Crippen molar-refractivity contribution in [3.05, 3.63) is 12.2 Å². The standard InChI is InChI=1S/C10H17N3O4/c1-7(2)9(15)17-5-4-12-10(16)13(3)6-8(11)14/h1,4-6H2,2-3H3,(H2,11,14)(H,12,16). The highest BCUT2D eigenvalue weighted by Gasteiger charge is 2.10. The second kappa shape index (κ2) is 7.26. The Morgan fingerprint density at radius 1 is 1.41 bits per heavy atom. The van der Waals surface area contributed by atoms with Crippen molar-refractivity contribution in [2.24, 2.45) is 5.73 Å². The lowest BCUT2D eigenvalue weighted by molar-refractivity contribution is -0.138. The van der Waals surface area contributed by atoms with E-state index >= 15 is 0 Å². The molecule has 17 heavy (non-hydrogen) atoms. The zero-order chi connectivity index (χ0) is 13.4. The Hall–Kier alpha value is -2.05. The summed E-state index contributed by atoms with van der Waals surface area (Å²) in [5, 5.41) is 2.45. The van der Waals surface area contributed by atoms with E-state index in [4.69, 9.17) is 10.5 Å². The topological polar surface area (TPSA) is 102 Å². The lowest BCUT2D eigenvalue weighted by Gasteiger charge is -2.15. The molecule has 0 aromatic rings. The molecule has 0 bridgehead atoms. The Balaban J connectivity index is 3.75. The van der Waals surface area contributed by atoms with E-state index in [-0.39, 0.29) is 19.7 Å². The number of carbonyl (C=O) groups excluding carboxylic acids is 3. The summed E-state index contributed by atoms with van der Waals surface area (Å²) in [7, 11) is 1.43. The first-order chi connectivity index (χ1) is 7.84. The van der Waals surface area contributed by atoms with Crippen molar-refractivity contribution in [1.29, 1.82) is 0 Å². The molecule has 0 aliphatic rings. The van der Waals surface area contributed by atoms with Gasteiger partial charge in [0, 0.05) is 12.6 Å². The molecule has 0 fully saturated rings. The van der Waals surface area contributed by atoms with Crippen LogP contribution in [0, 0.1) is 0 Å². The highest BCUT2D eigenvalue weighted by molar-refractivity contribution is 5.87. The van der Waals surface area contributed by atoms with Crippen LogP contribution >= 0.6 is 0 Å². The Bertz CT molecular complexity index is 328. The Kier molecular flexibility index (Phi) is 6.39. The number of amides is 3. The van der Waals surface area contributed by atoms with E-state index in [1.165, 1.54) is 14.0 Å². The number of carbonyl (C=O) groups is 3. The Morgan fingerprint density at radius 3 is 2.47 bits per heavy atom. The van der Waals surface area contributed by atoms with Gasteiger partial charge in [-0.2, -0.15) is 0 Å². The first-order valence-corrected chi connectivity index (χ1v) is 4.94. The van der Waals surface area contributed by atoms with Gasteiger partial charge in [-0.1, -0.05) is 6.58 Å². The van der Waals surface area contributed by atoms with Gasteiger partial charge in [0.1, 0.15) is 13.2 Å². The third-order valence-corrected chi connectivity index (χ3v) is 1.70. The molecule has 0 aromatic heterocycles. The quantitative estimate of drug-likeness (QED) is 0.363. The molecule has 7 heteroatoms. The molecule has 0 spiro atoms. The fourth-order valence-corrected chi connectivity index (χ4v) is 0.865. The summed E-state index contributed by atoms with van der Waals surface area (Å²) in [6, 6.07) is -0.463. The second-order valence-electron chi connectivity index (χ2n) is 3.47. The van der Waals surface area contributed by atoms with Crippen LogP contribution in [0.3, 0.4) is 0 Å². The molecule has 0 rings (SSSR count). The summed E-state index contributed by atoms with van der Waals surface area (Å²) < 4.78 is 4.75. The first kappa shape index (κ1) is 14.9. The van der Waals surface area contributed by atoms with Crippen LogP contribution in [0.2, 0.25) is 0 Å². The number of nitrogens with one attached hydrogen (secondary N) is 1. The number of ether oxygens (including phenoxy) is 1. The van der Waals surface area contributed by atoms with Crippen molar-refractivity contribution in [3.63, 3.8) is 0 Å². The van der Waals surface area contributed by atoms with Gasteiger partial charge in [-0.25, -0.2) is 9.59 Å². The van der Waals surface area contributed by atoms with Crippen LogP contribution in [0.4, 0.5) is 4.79 Å². The number of nitrogens with two attached hydrogens (primary N) is 1. The van der Waals surface area contributed by atoms with Gasteiger partial charge in [-0.3, -0.25) is 4.79 Å². The highest BCUT2D eigenvalue weighted by atomic mass is 16.5. The molecule has 0 unspecified atom stereocenters. The molecule has 0 heterocycles. The number of primary amides is 1. The van der Waals surface area contributed by atoms with Crippen molar-refractivity contribution in [2.45, 2.75) is 6.92 Å². The normalized spacial score (nSPS) is 9.29. The predicted molar refractivity (Wildman–Crippen MR) is 61.0 cm³/mol. The number of esters is 1. The van der Waals surface area contributed by atoms with Crippen LogP contribution in [-0.2, 0) is 14.3 Å². The molecule has 0 aromatic carbocycles. The summed E-state index contributed by atoms with van der Waals surface area (Å²) in [6.07, 6.45) is 0. The Morgan fingerprint density at radius 2 is 2.00 bits per heavy atom. The van der Waals surface area contributed by atoms with E-state index in [9.17, 15) is 14.4 Å². The largest absolute Gasteiger partial charge is 0.460 e. The smallest absolute Gasteiger partial charge is 0.333 e. The van der Waals surface area contributed by atoms with Crippen molar-refractivity contribution >= 4 is 17.9 Å². The van der Waals surface area contributed by atoms with Crippen LogP contribution in [-0.4, -0.2) is 49.6 Å². The number of nitrogens with zero attached hydrogens (tertiary/aromatic N) is 1. The molecule has 7 nitrogen and oxygen atoms in total. The molecule has 0 atom stereocenters. The van der Waals surface area contributed by atoms with E-state index in [0.717, 1.165) is 4.90 Å². The first-order valence-electron chi connectivity index (χ1n) is 4.94. The molecular weight excluding hydrogens is 226 g/mol. The van der Waals surface area contributed by atoms with Crippen LogP contribution in [0.1, 0.15) is 6.92 Å². The molecule has 0 aliphatic heterocycles. The molecule has 3 amide bonds. The average molecular weight is 243 g/mol. The van der Waals surface area contributed by atoms with E-state index in [0.29, 0.717) is 5.57 Å². The van der Waals surface area contributed by atoms with Crippen LogP contribution in [0.15, 0.2) is 12.2 Å². The molecule has 0 radical (unpaired) electrons. The van der Waals surface area contributed by atoms with E-state index in [1.54, 1.807) is 0 Å². The van der Waals surface area contributed by atoms with Crippen molar-refractivity contribution in [3.8, 4) is 0 Å². The number of hydrogen-bond acceptors (Lipinski definition) is 4. The van der Waals surface area contributed by atoms with Gasteiger partial charge in [-0.15, -0.1) is 0 Å². The zero-order valence-electron chi connectivity index (χ0n) is 9.99. The number of likely N-dealkylation sites (N-methyl/N-ethyl adjacent to an activating group) is 1. The zero-order valence-corrected chi connectivity index (χ0v) is 9.99. The fraction of sp³-hybridized carbons (Fsp3) is 0.500. The fourth-order valence-electron chi connectivity index (χ4n) is 0.865. The van der Waals surface area contributed by atoms with Crippen LogP contribution < -0.4 is 11.1 Å². The van der Waals surface area contributed by atoms with Crippen LogP contribution in [0.5, 0.6) is 0 Å². The minimum atomic E-state index is -0.601. The monoisotopic (exact) mass is 243 g/mol. The van der Waals surface area contributed by atoms with Crippen molar-refractivity contribution in [1.82, 2.24) is 10.2 Å². The second-order valence-corrected chi connectivity index (χ2v) is 3.47. The maximum atomic E-state index is 11.3. The van der Waals surface area contributed by atoms with Gasteiger partial charge in [-0.05, 0) is 6.92 Å². The highest BCUT2D eigenvalue weighted by Crippen LogP contribution is 1.91. The third-order valence-electron chi connectivity index (χ3n) is 1.70. The van der Waals surface area contributed by atoms with E-state index in [2.05, 4.69) is 11.9 Å². The van der Waals surface area contributed by atoms with Crippen molar-refractivity contribution in [2.75, 3.05) is 26.7 Å². The predicted octanol–water partition coefficient (Wildman–Crippen LogP) is -0.768. The lowest BCUT2D eigenvalue weighted by Crippen LogP contribution is -2.42. The summed E-state index contributed by atoms with van der Waals surface area (Å²) >= 11 is 0. The third kappa shape index (κ3) is 6.93. The lowest BCUT2D eigenvalue weighted by atomic mass is 10.4. The maximum absolute atomic E-state index is 11.3. The molecule has 96 valence electrons. The molecule has 0 saturated carbocycles. The molecular formula is C10H17N3O4.